The monoisotopic (exact) mass is 259 g/mol. The largest absolute Gasteiger partial charge is 0.490 e. The number of anilines is 1. The fourth-order valence-corrected chi connectivity index (χ4v) is 1.76. The molecule has 0 spiro atoms. The Kier molecular flexibility index (Phi) is 4.39. The second-order valence-electron chi connectivity index (χ2n) is 4.26. The van der Waals surface area contributed by atoms with Crippen LogP contribution in [-0.4, -0.2) is 16.8 Å². The topological polar surface area (TPSA) is 75.7 Å². The van der Waals surface area contributed by atoms with Gasteiger partial charge in [-0.3, -0.25) is 0 Å². The third-order valence-electron chi connectivity index (χ3n) is 2.86. The normalized spacial score (nSPS) is 12.1. The number of hydrogen-bond donors (Lipinski definition) is 3. The summed E-state index contributed by atoms with van der Waals surface area (Å²) >= 11 is 0. The van der Waals surface area contributed by atoms with Crippen LogP contribution in [-0.2, 0) is 6.61 Å². The Bertz CT molecular complexity index is 525. The van der Waals surface area contributed by atoms with Gasteiger partial charge in [-0.15, -0.1) is 0 Å². The van der Waals surface area contributed by atoms with Crippen LogP contribution < -0.4 is 10.5 Å². The Morgan fingerprint density at radius 1 is 1.05 bits per heavy atom. The number of nitrogens with two attached hydrogens (primary N) is 1. The van der Waals surface area contributed by atoms with E-state index in [0.717, 1.165) is 5.56 Å². The van der Waals surface area contributed by atoms with Crippen molar-refractivity contribution in [3.8, 4) is 5.75 Å². The Morgan fingerprint density at radius 2 is 1.74 bits per heavy atom. The van der Waals surface area contributed by atoms with Gasteiger partial charge in [0.1, 0.15) is 18.5 Å². The van der Waals surface area contributed by atoms with E-state index in [1.54, 1.807) is 36.4 Å². The molecule has 1 atom stereocenters. The SMILES string of the molecule is Nc1ccc(C(O)COc2ccccc2CO)cc1. The Labute approximate surface area is 112 Å². The first-order chi connectivity index (χ1) is 9.20. The minimum atomic E-state index is -0.729. The molecule has 100 valence electrons. The number of rotatable bonds is 5. The van der Waals surface area contributed by atoms with E-state index in [2.05, 4.69) is 0 Å². The summed E-state index contributed by atoms with van der Waals surface area (Å²) in [5.41, 5.74) is 7.69. The van der Waals surface area contributed by atoms with Crippen molar-refractivity contribution in [3.63, 3.8) is 0 Å². The van der Waals surface area contributed by atoms with Crippen molar-refractivity contribution in [2.24, 2.45) is 0 Å². The molecule has 2 aromatic carbocycles. The van der Waals surface area contributed by atoms with Gasteiger partial charge in [-0.1, -0.05) is 30.3 Å². The molecule has 0 bridgehead atoms. The van der Waals surface area contributed by atoms with Gasteiger partial charge in [-0.2, -0.15) is 0 Å². The predicted molar refractivity (Wildman–Crippen MR) is 73.7 cm³/mol. The van der Waals surface area contributed by atoms with Gasteiger partial charge in [-0.25, -0.2) is 0 Å². The van der Waals surface area contributed by atoms with Crippen molar-refractivity contribution in [1.82, 2.24) is 0 Å². The van der Waals surface area contributed by atoms with E-state index in [1.807, 2.05) is 12.1 Å². The molecule has 0 aliphatic heterocycles. The van der Waals surface area contributed by atoms with Crippen LogP contribution in [0.25, 0.3) is 0 Å². The van der Waals surface area contributed by atoms with Crippen LogP contribution in [0.5, 0.6) is 5.75 Å². The van der Waals surface area contributed by atoms with Crippen LogP contribution in [0.15, 0.2) is 48.5 Å². The van der Waals surface area contributed by atoms with Crippen molar-refractivity contribution >= 4 is 5.69 Å². The molecule has 4 heteroatoms. The summed E-state index contributed by atoms with van der Waals surface area (Å²) in [5, 5.41) is 19.2. The summed E-state index contributed by atoms with van der Waals surface area (Å²) in [7, 11) is 0. The first kappa shape index (κ1) is 13.4. The molecular weight excluding hydrogens is 242 g/mol. The van der Waals surface area contributed by atoms with Gasteiger partial charge in [0.2, 0.25) is 0 Å². The molecule has 0 aromatic heterocycles. The molecule has 2 rings (SSSR count). The summed E-state index contributed by atoms with van der Waals surface area (Å²) in [6.45, 7) is 0.0368. The van der Waals surface area contributed by atoms with E-state index < -0.39 is 6.10 Å². The summed E-state index contributed by atoms with van der Waals surface area (Å²) in [4.78, 5) is 0. The van der Waals surface area contributed by atoms with E-state index in [-0.39, 0.29) is 13.2 Å². The minimum absolute atomic E-state index is 0.0891. The lowest BCUT2D eigenvalue weighted by Gasteiger charge is -2.14. The molecule has 2 aromatic rings. The van der Waals surface area contributed by atoms with Crippen molar-refractivity contribution in [1.29, 1.82) is 0 Å². The number of aliphatic hydroxyl groups is 2. The lowest BCUT2D eigenvalue weighted by Crippen LogP contribution is -2.10. The Hall–Kier alpha value is -2.04. The zero-order valence-electron chi connectivity index (χ0n) is 10.5. The zero-order valence-corrected chi connectivity index (χ0v) is 10.5. The average Bonchev–Trinajstić information content (AvgIpc) is 2.45. The molecule has 1 unspecified atom stereocenters. The smallest absolute Gasteiger partial charge is 0.124 e. The molecule has 19 heavy (non-hydrogen) atoms. The van der Waals surface area contributed by atoms with Gasteiger partial charge in [0.05, 0.1) is 6.61 Å². The highest BCUT2D eigenvalue weighted by atomic mass is 16.5. The van der Waals surface area contributed by atoms with Crippen LogP contribution in [0.3, 0.4) is 0 Å². The van der Waals surface area contributed by atoms with Crippen LogP contribution in [0, 0.1) is 0 Å². The lowest BCUT2D eigenvalue weighted by atomic mass is 10.1. The average molecular weight is 259 g/mol. The van der Waals surface area contributed by atoms with Crippen LogP contribution in [0.2, 0.25) is 0 Å². The highest BCUT2D eigenvalue weighted by Gasteiger charge is 2.09. The molecule has 0 saturated heterocycles. The highest BCUT2D eigenvalue weighted by molar-refractivity contribution is 5.40. The van der Waals surface area contributed by atoms with E-state index in [4.69, 9.17) is 10.5 Å². The fourth-order valence-electron chi connectivity index (χ4n) is 1.76. The summed E-state index contributed by atoms with van der Waals surface area (Å²) in [6, 6.07) is 14.2. The summed E-state index contributed by atoms with van der Waals surface area (Å²) < 4.78 is 5.53. The van der Waals surface area contributed by atoms with E-state index >= 15 is 0 Å². The molecule has 0 aliphatic carbocycles. The maximum Gasteiger partial charge on any atom is 0.124 e. The van der Waals surface area contributed by atoms with Crippen molar-refractivity contribution < 1.29 is 14.9 Å². The van der Waals surface area contributed by atoms with Gasteiger partial charge in [0.15, 0.2) is 0 Å². The van der Waals surface area contributed by atoms with E-state index in [9.17, 15) is 10.2 Å². The van der Waals surface area contributed by atoms with Crippen molar-refractivity contribution in [3.05, 3.63) is 59.7 Å². The lowest BCUT2D eigenvalue weighted by molar-refractivity contribution is 0.106. The summed E-state index contributed by atoms with van der Waals surface area (Å²) in [5.74, 6) is 0.583. The minimum Gasteiger partial charge on any atom is -0.490 e. The standard InChI is InChI=1S/C15H17NO3/c16-13-7-5-11(6-8-13)14(18)10-19-15-4-2-1-3-12(15)9-17/h1-8,14,17-18H,9-10,16H2. The number of benzene rings is 2. The molecular formula is C15H17NO3. The van der Waals surface area contributed by atoms with Gasteiger partial charge in [-0.05, 0) is 23.8 Å². The van der Waals surface area contributed by atoms with Gasteiger partial charge < -0.3 is 20.7 Å². The maximum atomic E-state index is 10.0. The fraction of sp³-hybridized carbons (Fsp3) is 0.200. The van der Waals surface area contributed by atoms with Crippen molar-refractivity contribution in [2.75, 3.05) is 12.3 Å². The number of nitrogen functional groups attached to an aromatic ring is 1. The van der Waals surface area contributed by atoms with Gasteiger partial charge in [0.25, 0.3) is 0 Å². The number of ether oxygens (including phenoxy) is 1. The molecule has 4 N–H and O–H groups in total. The molecule has 0 fully saturated rings. The number of aliphatic hydroxyl groups excluding tert-OH is 2. The Balaban J connectivity index is 2.00. The van der Waals surface area contributed by atoms with Crippen molar-refractivity contribution in [2.45, 2.75) is 12.7 Å². The first-order valence-corrected chi connectivity index (χ1v) is 6.06. The Morgan fingerprint density at radius 3 is 2.42 bits per heavy atom. The molecule has 4 nitrogen and oxygen atoms in total. The third kappa shape index (κ3) is 3.47. The van der Waals surface area contributed by atoms with E-state index in [0.29, 0.717) is 17.0 Å². The van der Waals surface area contributed by atoms with Crippen LogP contribution >= 0.6 is 0 Å². The second kappa shape index (κ2) is 6.22. The zero-order chi connectivity index (χ0) is 13.7. The highest BCUT2D eigenvalue weighted by Crippen LogP contribution is 2.21. The first-order valence-electron chi connectivity index (χ1n) is 6.06. The maximum absolute atomic E-state index is 10.0. The molecule has 0 aliphatic rings. The molecule has 0 radical (unpaired) electrons. The molecule has 0 amide bonds. The van der Waals surface area contributed by atoms with Crippen LogP contribution in [0.4, 0.5) is 5.69 Å². The van der Waals surface area contributed by atoms with Gasteiger partial charge >= 0.3 is 0 Å². The number of hydrogen-bond acceptors (Lipinski definition) is 4. The summed E-state index contributed by atoms with van der Waals surface area (Å²) in [6.07, 6.45) is -0.729. The quantitative estimate of drug-likeness (QED) is 0.716. The molecule has 0 heterocycles. The van der Waals surface area contributed by atoms with Crippen LogP contribution in [0.1, 0.15) is 17.2 Å². The second-order valence-corrected chi connectivity index (χ2v) is 4.26. The van der Waals surface area contributed by atoms with E-state index in [1.165, 1.54) is 0 Å². The van der Waals surface area contributed by atoms with Gasteiger partial charge in [0, 0.05) is 11.3 Å². The third-order valence-corrected chi connectivity index (χ3v) is 2.86. The number of para-hydroxylation sites is 1. The molecule has 0 saturated carbocycles. The predicted octanol–water partition coefficient (Wildman–Crippen LogP) is 1.87.